The molecule has 4 rings (SSSR count). The van der Waals surface area contributed by atoms with Gasteiger partial charge in [-0.25, -0.2) is 4.98 Å². The lowest BCUT2D eigenvalue weighted by Gasteiger charge is -2.09. The molecule has 0 unspecified atom stereocenters. The van der Waals surface area contributed by atoms with E-state index in [0.717, 1.165) is 6.42 Å². The number of rotatable bonds is 4. The number of aromatic nitrogens is 1. The molecule has 1 aliphatic rings. The molecule has 0 atom stereocenters. The molecule has 1 amide bonds. The Hall–Kier alpha value is -3.46. The van der Waals surface area contributed by atoms with Crippen molar-refractivity contribution < 1.29 is 19.2 Å². The fraction of sp³-hybridized carbons (Fsp3) is 0.200. The molecule has 0 aliphatic carbocycles. The molecular weight excluding hydrogens is 394 g/mol. The maximum Gasteiger partial charge on any atom is 0.272 e. The van der Waals surface area contributed by atoms with Gasteiger partial charge < -0.3 is 9.47 Å². The van der Waals surface area contributed by atoms with E-state index in [0.29, 0.717) is 52.2 Å². The van der Waals surface area contributed by atoms with E-state index >= 15 is 0 Å². The average molecular weight is 411 g/mol. The van der Waals surface area contributed by atoms with Crippen LogP contribution in [0, 0.1) is 17.0 Å². The zero-order valence-electron chi connectivity index (χ0n) is 15.5. The van der Waals surface area contributed by atoms with Crippen molar-refractivity contribution in [3.63, 3.8) is 0 Å². The number of aryl methyl sites for hydroxylation is 1. The third-order valence-electron chi connectivity index (χ3n) is 4.44. The van der Waals surface area contributed by atoms with Gasteiger partial charge in [-0.05, 0) is 25.1 Å². The lowest BCUT2D eigenvalue weighted by Crippen LogP contribution is -2.12. The molecule has 1 aliphatic heterocycles. The summed E-state index contributed by atoms with van der Waals surface area (Å²) in [4.78, 5) is 27.7. The zero-order chi connectivity index (χ0) is 20.4. The monoisotopic (exact) mass is 411 g/mol. The number of fused-ring (bicyclic) bond motifs is 1. The van der Waals surface area contributed by atoms with E-state index in [-0.39, 0.29) is 11.6 Å². The quantitative estimate of drug-likeness (QED) is 0.503. The van der Waals surface area contributed by atoms with Crippen molar-refractivity contribution in [2.75, 3.05) is 18.5 Å². The predicted octanol–water partition coefficient (Wildman–Crippen LogP) is 4.44. The largest absolute Gasteiger partial charge is 0.490 e. The predicted molar refractivity (Wildman–Crippen MR) is 109 cm³/mol. The van der Waals surface area contributed by atoms with E-state index in [4.69, 9.17) is 9.47 Å². The van der Waals surface area contributed by atoms with E-state index in [9.17, 15) is 14.9 Å². The molecule has 1 aromatic heterocycles. The molecule has 3 aromatic rings. The van der Waals surface area contributed by atoms with Crippen LogP contribution in [-0.4, -0.2) is 29.0 Å². The summed E-state index contributed by atoms with van der Waals surface area (Å²) >= 11 is 1.25. The molecule has 0 fully saturated rings. The molecule has 0 saturated heterocycles. The van der Waals surface area contributed by atoms with Crippen LogP contribution in [0.4, 0.5) is 10.8 Å². The molecule has 0 spiro atoms. The van der Waals surface area contributed by atoms with E-state index < -0.39 is 4.92 Å². The van der Waals surface area contributed by atoms with Crippen molar-refractivity contribution in [2.24, 2.45) is 0 Å². The maximum absolute atomic E-state index is 12.6. The normalized spacial score (nSPS) is 12.9. The van der Waals surface area contributed by atoms with E-state index in [1.807, 2.05) is 0 Å². The third kappa shape index (κ3) is 4.04. The highest BCUT2D eigenvalue weighted by molar-refractivity contribution is 7.14. The van der Waals surface area contributed by atoms with Gasteiger partial charge in [-0.2, -0.15) is 0 Å². The van der Waals surface area contributed by atoms with Gasteiger partial charge in [0.2, 0.25) is 0 Å². The van der Waals surface area contributed by atoms with Crippen molar-refractivity contribution >= 4 is 28.1 Å². The first-order chi connectivity index (χ1) is 14.0. The summed E-state index contributed by atoms with van der Waals surface area (Å²) in [6.07, 6.45) is 0.787. The van der Waals surface area contributed by atoms with Gasteiger partial charge >= 0.3 is 0 Å². The topological polar surface area (TPSA) is 104 Å². The van der Waals surface area contributed by atoms with Gasteiger partial charge in [-0.15, -0.1) is 11.3 Å². The van der Waals surface area contributed by atoms with Crippen LogP contribution < -0.4 is 14.8 Å². The third-order valence-corrected chi connectivity index (χ3v) is 5.19. The molecule has 9 heteroatoms. The van der Waals surface area contributed by atoms with Crippen LogP contribution in [0.5, 0.6) is 11.5 Å². The van der Waals surface area contributed by atoms with Gasteiger partial charge in [0.15, 0.2) is 16.6 Å². The number of hydrogen-bond donors (Lipinski definition) is 1. The lowest BCUT2D eigenvalue weighted by atomic mass is 10.1. The van der Waals surface area contributed by atoms with Crippen molar-refractivity contribution in [3.05, 3.63) is 63.0 Å². The van der Waals surface area contributed by atoms with Gasteiger partial charge in [0.25, 0.3) is 11.6 Å². The molecule has 0 radical (unpaired) electrons. The summed E-state index contributed by atoms with van der Waals surface area (Å²) in [7, 11) is 0. The molecule has 0 saturated carbocycles. The Morgan fingerprint density at radius 2 is 1.97 bits per heavy atom. The van der Waals surface area contributed by atoms with Gasteiger partial charge in [0.1, 0.15) is 0 Å². The van der Waals surface area contributed by atoms with E-state index in [1.165, 1.54) is 17.4 Å². The van der Waals surface area contributed by atoms with Crippen LogP contribution in [0.3, 0.4) is 0 Å². The first-order valence-electron chi connectivity index (χ1n) is 8.93. The van der Waals surface area contributed by atoms with Crippen LogP contribution in [0.15, 0.2) is 41.8 Å². The van der Waals surface area contributed by atoms with Crippen molar-refractivity contribution in [3.8, 4) is 22.8 Å². The highest BCUT2D eigenvalue weighted by Crippen LogP contribution is 2.32. The van der Waals surface area contributed by atoms with Crippen LogP contribution in [0.25, 0.3) is 11.3 Å². The number of thiazole rings is 1. The second-order valence-electron chi connectivity index (χ2n) is 6.46. The number of benzene rings is 2. The summed E-state index contributed by atoms with van der Waals surface area (Å²) < 4.78 is 11.2. The number of amides is 1. The summed E-state index contributed by atoms with van der Waals surface area (Å²) in [5.74, 6) is 0.843. The number of nitrogens with zero attached hydrogens (tertiary/aromatic N) is 2. The smallest absolute Gasteiger partial charge is 0.272 e. The number of carbonyl (C=O) groups excluding carboxylic acids is 1. The van der Waals surface area contributed by atoms with Crippen LogP contribution in [0.1, 0.15) is 22.3 Å². The molecule has 2 heterocycles. The molecular formula is C20H17N3O5S. The summed E-state index contributed by atoms with van der Waals surface area (Å²) in [6, 6.07) is 9.97. The minimum Gasteiger partial charge on any atom is -0.490 e. The zero-order valence-corrected chi connectivity index (χ0v) is 16.3. The second kappa shape index (κ2) is 7.88. The Balaban J connectivity index is 1.52. The first-order valence-corrected chi connectivity index (χ1v) is 9.81. The van der Waals surface area contributed by atoms with E-state index in [2.05, 4.69) is 10.3 Å². The molecule has 2 aromatic carbocycles. The van der Waals surface area contributed by atoms with Gasteiger partial charge in [0, 0.05) is 34.6 Å². The summed E-state index contributed by atoms with van der Waals surface area (Å²) in [5, 5.41) is 16.1. The first kappa shape index (κ1) is 18.9. The Kier molecular flexibility index (Phi) is 5.13. The number of hydrogen-bond acceptors (Lipinski definition) is 7. The number of ether oxygens (including phenoxy) is 2. The molecule has 0 bridgehead atoms. The Morgan fingerprint density at radius 1 is 1.17 bits per heavy atom. The highest BCUT2D eigenvalue weighted by Gasteiger charge is 2.17. The Bertz CT molecular complexity index is 1100. The number of carbonyl (C=O) groups is 1. The fourth-order valence-electron chi connectivity index (χ4n) is 2.90. The molecule has 29 heavy (non-hydrogen) atoms. The number of anilines is 1. The number of nitro benzene ring substituents is 1. The van der Waals surface area contributed by atoms with Crippen LogP contribution in [0.2, 0.25) is 0 Å². The summed E-state index contributed by atoms with van der Waals surface area (Å²) in [5.41, 5.74) is 2.23. The van der Waals surface area contributed by atoms with Gasteiger partial charge in [-0.3, -0.25) is 20.2 Å². The molecule has 8 nitrogen and oxygen atoms in total. The number of nitrogens with one attached hydrogen (secondary N) is 1. The minimum atomic E-state index is -0.419. The van der Waals surface area contributed by atoms with Crippen LogP contribution in [-0.2, 0) is 0 Å². The fourth-order valence-corrected chi connectivity index (χ4v) is 3.62. The van der Waals surface area contributed by atoms with Crippen LogP contribution >= 0.6 is 11.3 Å². The van der Waals surface area contributed by atoms with Crippen molar-refractivity contribution in [2.45, 2.75) is 13.3 Å². The van der Waals surface area contributed by atoms with Gasteiger partial charge in [-0.1, -0.05) is 12.1 Å². The van der Waals surface area contributed by atoms with Crippen molar-refractivity contribution in [1.29, 1.82) is 0 Å². The molecule has 148 valence electrons. The van der Waals surface area contributed by atoms with Crippen molar-refractivity contribution in [1.82, 2.24) is 4.98 Å². The molecule has 1 N–H and O–H groups in total. The minimum absolute atomic E-state index is 0.0354. The second-order valence-corrected chi connectivity index (χ2v) is 7.32. The summed E-state index contributed by atoms with van der Waals surface area (Å²) in [6.45, 7) is 2.80. The lowest BCUT2D eigenvalue weighted by molar-refractivity contribution is -0.385. The van der Waals surface area contributed by atoms with E-state index in [1.54, 1.807) is 42.6 Å². The standard InChI is InChI=1S/C20H17N3O5S/c1-12-3-4-13(9-16(12)23(25)26)15-11-29-20(21-15)22-19(24)14-5-6-17-18(10-14)28-8-2-7-27-17/h3-6,9-11H,2,7-8H2,1H3,(H,21,22,24). The Labute approximate surface area is 170 Å². The van der Waals surface area contributed by atoms with Gasteiger partial charge in [0.05, 0.1) is 23.8 Å². The maximum atomic E-state index is 12.6. The average Bonchev–Trinajstić information content (AvgIpc) is 3.04. The Morgan fingerprint density at radius 3 is 2.76 bits per heavy atom. The highest BCUT2D eigenvalue weighted by atomic mass is 32.1. The SMILES string of the molecule is Cc1ccc(-c2csc(NC(=O)c3ccc4c(c3)OCCCO4)n2)cc1[N+](=O)[O-]. The number of nitro groups is 1.